The predicted molar refractivity (Wildman–Crippen MR) is 122 cm³/mol. The minimum Gasteiger partial charge on any atom is -0.491 e. The van der Waals surface area contributed by atoms with E-state index in [4.69, 9.17) is 14.2 Å². The summed E-state index contributed by atoms with van der Waals surface area (Å²) < 4.78 is 17.1. The second-order valence-corrected chi connectivity index (χ2v) is 9.08. The molecule has 0 amide bonds. The Morgan fingerprint density at radius 3 is 2.75 bits per heavy atom. The van der Waals surface area contributed by atoms with E-state index in [0.717, 1.165) is 31.8 Å². The minimum absolute atomic E-state index is 0.123. The van der Waals surface area contributed by atoms with Crippen LogP contribution in [0.4, 0.5) is 0 Å². The third-order valence-corrected chi connectivity index (χ3v) is 6.46. The van der Waals surface area contributed by atoms with Crippen LogP contribution in [-0.2, 0) is 12.1 Å². The highest BCUT2D eigenvalue weighted by molar-refractivity contribution is 5.34. The number of ether oxygens (including phenoxy) is 3. The average molecular weight is 442 g/mol. The summed E-state index contributed by atoms with van der Waals surface area (Å²) in [5.74, 6) is 1.90. The monoisotopic (exact) mass is 441 g/mol. The second-order valence-electron chi connectivity index (χ2n) is 9.08. The van der Waals surface area contributed by atoms with Crippen LogP contribution < -0.4 is 14.2 Å². The summed E-state index contributed by atoms with van der Waals surface area (Å²) in [6.45, 7) is 11.5. The molecule has 1 saturated heterocycles. The van der Waals surface area contributed by atoms with Crippen molar-refractivity contribution in [3.63, 3.8) is 0 Å². The Morgan fingerprint density at radius 2 is 2.00 bits per heavy atom. The molecule has 1 aromatic heterocycles. The van der Waals surface area contributed by atoms with Gasteiger partial charge in [-0.1, -0.05) is 12.1 Å². The SMILES string of the molecule is CCOc1ncc([C@]2(O)CC[C@@H]3CN(Cc4cccc(OC(C)C)c4)C[C@H]32)c(OCC)n1. The molecule has 3 atom stereocenters. The third kappa shape index (κ3) is 4.69. The molecule has 2 heterocycles. The van der Waals surface area contributed by atoms with Crippen LogP contribution in [-0.4, -0.2) is 52.4 Å². The van der Waals surface area contributed by atoms with Gasteiger partial charge in [-0.25, -0.2) is 4.98 Å². The number of fused-ring (bicyclic) bond motifs is 1. The fraction of sp³-hybridized carbons (Fsp3) is 0.600. The Kier molecular flexibility index (Phi) is 6.86. The van der Waals surface area contributed by atoms with Crippen molar-refractivity contribution in [2.75, 3.05) is 26.3 Å². The van der Waals surface area contributed by atoms with E-state index in [2.05, 4.69) is 27.0 Å². The van der Waals surface area contributed by atoms with Crippen LogP contribution in [0, 0.1) is 11.8 Å². The number of nitrogens with zero attached hydrogens (tertiary/aromatic N) is 3. The molecule has 1 aliphatic carbocycles. The highest BCUT2D eigenvalue weighted by Crippen LogP contribution is 2.52. The van der Waals surface area contributed by atoms with Crippen LogP contribution in [0.1, 0.15) is 51.7 Å². The first kappa shape index (κ1) is 22.8. The number of aliphatic hydroxyl groups is 1. The van der Waals surface area contributed by atoms with E-state index in [1.807, 2.05) is 39.8 Å². The maximum absolute atomic E-state index is 11.8. The van der Waals surface area contributed by atoms with Crippen LogP contribution in [0.15, 0.2) is 30.5 Å². The van der Waals surface area contributed by atoms with Gasteiger partial charge >= 0.3 is 6.01 Å². The van der Waals surface area contributed by atoms with Gasteiger partial charge in [0.25, 0.3) is 0 Å². The van der Waals surface area contributed by atoms with E-state index < -0.39 is 5.60 Å². The van der Waals surface area contributed by atoms with Crippen molar-refractivity contribution in [2.24, 2.45) is 11.8 Å². The van der Waals surface area contributed by atoms with Gasteiger partial charge in [-0.15, -0.1) is 0 Å². The molecule has 0 radical (unpaired) electrons. The number of rotatable bonds is 9. The summed E-state index contributed by atoms with van der Waals surface area (Å²) in [5.41, 5.74) is 0.924. The van der Waals surface area contributed by atoms with Crippen molar-refractivity contribution in [1.29, 1.82) is 0 Å². The normalized spacial score (nSPS) is 25.2. The van der Waals surface area contributed by atoms with E-state index >= 15 is 0 Å². The molecule has 174 valence electrons. The largest absolute Gasteiger partial charge is 0.491 e. The Hall–Kier alpha value is -2.38. The Bertz CT molecular complexity index is 922. The first-order valence-electron chi connectivity index (χ1n) is 11.8. The van der Waals surface area contributed by atoms with Crippen LogP contribution in [0.25, 0.3) is 0 Å². The van der Waals surface area contributed by atoms with Crippen LogP contribution >= 0.6 is 0 Å². The Morgan fingerprint density at radius 1 is 1.19 bits per heavy atom. The smallest absolute Gasteiger partial charge is 0.319 e. The molecule has 7 heteroatoms. The topological polar surface area (TPSA) is 76.9 Å². The highest BCUT2D eigenvalue weighted by atomic mass is 16.5. The van der Waals surface area contributed by atoms with Crippen molar-refractivity contribution in [3.8, 4) is 17.6 Å². The van der Waals surface area contributed by atoms with Crippen LogP contribution in [0.2, 0.25) is 0 Å². The molecule has 1 N–H and O–H groups in total. The molecule has 4 rings (SSSR count). The summed E-state index contributed by atoms with van der Waals surface area (Å²) in [4.78, 5) is 11.2. The molecule has 0 unspecified atom stereocenters. The molecular weight excluding hydrogens is 406 g/mol. The lowest BCUT2D eigenvalue weighted by Gasteiger charge is -2.31. The fourth-order valence-electron chi connectivity index (χ4n) is 5.19. The number of aromatic nitrogens is 2. The number of benzene rings is 1. The average Bonchev–Trinajstić information content (AvgIpc) is 3.28. The van der Waals surface area contributed by atoms with Crippen molar-refractivity contribution in [1.82, 2.24) is 14.9 Å². The van der Waals surface area contributed by atoms with Gasteiger partial charge in [-0.2, -0.15) is 4.98 Å². The zero-order chi connectivity index (χ0) is 22.7. The van der Waals surface area contributed by atoms with Gasteiger partial charge in [0.05, 0.1) is 24.9 Å². The van der Waals surface area contributed by atoms with Gasteiger partial charge in [0.1, 0.15) is 11.4 Å². The quantitative estimate of drug-likeness (QED) is 0.634. The lowest BCUT2D eigenvalue weighted by Crippen LogP contribution is -2.35. The van der Waals surface area contributed by atoms with Gasteiger partial charge in [0.15, 0.2) is 0 Å². The summed E-state index contributed by atoms with van der Waals surface area (Å²) >= 11 is 0. The second kappa shape index (κ2) is 9.63. The van der Waals surface area contributed by atoms with Gasteiger partial charge in [0, 0.05) is 31.7 Å². The standard InChI is InChI=1S/C25H35N3O4/c1-5-30-23-21(13-26-24(27-23)31-6-2)25(29)11-10-19-15-28(16-22(19)25)14-18-8-7-9-20(12-18)32-17(3)4/h7-9,12-13,17,19,22,29H,5-6,10-11,14-16H2,1-4H3/t19-,22-,25-/m1/s1. The molecule has 1 saturated carbocycles. The van der Waals surface area contributed by atoms with Crippen molar-refractivity contribution in [2.45, 2.75) is 58.8 Å². The first-order chi connectivity index (χ1) is 15.4. The number of hydrogen-bond donors (Lipinski definition) is 1. The van der Waals surface area contributed by atoms with E-state index in [-0.39, 0.29) is 18.0 Å². The molecule has 7 nitrogen and oxygen atoms in total. The van der Waals surface area contributed by atoms with Crippen molar-refractivity contribution < 1.29 is 19.3 Å². The third-order valence-electron chi connectivity index (χ3n) is 6.46. The van der Waals surface area contributed by atoms with E-state index in [9.17, 15) is 5.11 Å². The zero-order valence-corrected chi connectivity index (χ0v) is 19.6. The molecular formula is C25H35N3O4. The van der Waals surface area contributed by atoms with Gasteiger partial charge < -0.3 is 19.3 Å². The number of hydrogen-bond acceptors (Lipinski definition) is 7. The van der Waals surface area contributed by atoms with Gasteiger partial charge in [0.2, 0.25) is 5.88 Å². The molecule has 1 aliphatic heterocycles. The fourth-order valence-corrected chi connectivity index (χ4v) is 5.19. The molecule has 0 spiro atoms. The van der Waals surface area contributed by atoms with E-state index in [0.29, 0.717) is 37.0 Å². The zero-order valence-electron chi connectivity index (χ0n) is 19.6. The maximum atomic E-state index is 11.8. The summed E-state index contributed by atoms with van der Waals surface area (Å²) in [6, 6.07) is 8.59. The summed E-state index contributed by atoms with van der Waals surface area (Å²) in [7, 11) is 0. The summed E-state index contributed by atoms with van der Waals surface area (Å²) in [5, 5.41) is 11.8. The Labute approximate surface area is 190 Å². The van der Waals surface area contributed by atoms with E-state index in [1.54, 1.807) is 6.20 Å². The molecule has 2 aromatic rings. The van der Waals surface area contributed by atoms with Crippen molar-refractivity contribution in [3.05, 3.63) is 41.6 Å². The highest BCUT2D eigenvalue weighted by Gasteiger charge is 2.53. The van der Waals surface area contributed by atoms with Gasteiger partial charge in [-0.3, -0.25) is 4.90 Å². The molecule has 1 aromatic carbocycles. The Balaban J connectivity index is 1.51. The predicted octanol–water partition coefficient (Wildman–Crippen LogP) is 3.79. The summed E-state index contributed by atoms with van der Waals surface area (Å²) in [6.07, 6.45) is 3.53. The molecule has 32 heavy (non-hydrogen) atoms. The van der Waals surface area contributed by atoms with Gasteiger partial charge in [-0.05, 0) is 64.2 Å². The molecule has 2 aliphatic rings. The lowest BCUT2D eigenvalue weighted by atomic mass is 9.83. The van der Waals surface area contributed by atoms with E-state index in [1.165, 1.54) is 5.56 Å². The maximum Gasteiger partial charge on any atom is 0.319 e. The molecule has 0 bridgehead atoms. The number of likely N-dealkylation sites (tertiary alicyclic amines) is 1. The lowest BCUT2D eigenvalue weighted by molar-refractivity contribution is -0.0101. The van der Waals surface area contributed by atoms with Crippen molar-refractivity contribution >= 4 is 0 Å². The van der Waals surface area contributed by atoms with Crippen LogP contribution in [0.3, 0.4) is 0 Å². The van der Waals surface area contributed by atoms with Crippen LogP contribution in [0.5, 0.6) is 17.6 Å². The minimum atomic E-state index is -0.989. The first-order valence-corrected chi connectivity index (χ1v) is 11.8. The molecule has 2 fully saturated rings.